The van der Waals surface area contributed by atoms with E-state index in [4.69, 9.17) is 4.74 Å². The third-order valence-corrected chi connectivity index (χ3v) is 2.58. The van der Waals surface area contributed by atoms with Crippen LogP contribution in [0.4, 0.5) is 0 Å². The number of benzene rings is 1. The summed E-state index contributed by atoms with van der Waals surface area (Å²) >= 11 is 0. The van der Waals surface area contributed by atoms with E-state index in [1.807, 2.05) is 44.2 Å². The average Bonchev–Trinajstić information content (AvgIpc) is 2.88. The predicted octanol–water partition coefficient (Wildman–Crippen LogP) is 2.16. The Kier molecular flexibility index (Phi) is 4.55. The molecule has 1 heterocycles. The van der Waals surface area contributed by atoms with Crippen LogP contribution in [0, 0.1) is 13.8 Å². The van der Waals surface area contributed by atoms with Crippen LogP contribution < -0.4 is 10.2 Å². The summed E-state index contributed by atoms with van der Waals surface area (Å²) in [7, 11) is 0. The molecular formula is C15H17N3O2. The molecule has 2 N–H and O–H groups in total. The van der Waals surface area contributed by atoms with Crippen LogP contribution in [0.2, 0.25) is 0 Å². The molecule has 1 aromatic heterocycles. The van der Waals surface area contributed by atoms with Crippen LogP contribution >= 0.6 is 0 Å². The first-order valence-corrected chi connectivity index (χ1v) is 6.30. The lowest BCUT2D eigenvalue weighted by molar-refractivity contribution is -0.123. The molecule has 0 aliphatic rings. The van der Waals surface area contributed by atoms with Crippen LogP contribution in [0.5, 0.6) is 5.75 Å². The molecule has 1 aromatic carbocycles. The first-order chi connectivity index (χ1) is 9.63. The molecule has 20 heavy (non-hydrogen) atoms. The standard InChI is InChI=1S/C15H17N3O2/c1-11-6-12(2)8-14(7-11)20-10-15(19)18-17-9-13-4-3-5-16-13/h3-9,16H,10H2,1-2H3,(H,18,19). The van der Waals surface area contributed by atoms with Gasteiger partial charge >= 0.3 is 0 Å². The molecule has 0 spiro atoms. The molecule has 5 heteroatoms. The van der Waals surface area contributed by atoms with Gasteiger partial charge in [-0.05, 0) is 49.2 Å². The van der Waals surface area contributed by atoms with Gasteiger partial charge in [0.25, 0.3) is 5.91 Å². The van der Waals surface area contributed by atoms with Crippen LogP contribution in [0.3, 0.4) is 0 Å². The molecule has 0 saturated heterocycles. The highest BCUT2D eigenvalue weighted by Crippen LogP contribution is 2.15. The molecular weight excluding hydrogens is 254 g/mol. The maximum atomic E-state index is 11.6. The number of H-pyrrole nitrogens is 1. The average molecular weight is 271 g/mol. The van der Waals surface area contributed by atoms with Crippen molar-refractivity contribution in [2.45, 2.75) is 13.8 Å². The topological polar surface area (TPSA) is 66.5 Å². The summed E-state index contributed by atoms with van der Waals surface area (Å²) in [4.78, 5) is 14.5. The zero-order valence-electron chi connectivity index (χ0n) is 11.5. The van der Waals surface area contributed by atoms with Crippen molar-refractivity contribution in [3.8, 4) is 5.75 Å². The number of aromatic nitrogens is 1. The summed E-state index contributed by atoms with van der Waals surface area (Å²) in [5, 5.41) is 3.83. The predicted molar refractivity (Wildman–Crippen MR) is 77.9 cm³/mol. The number of hydrogen-bond acceptors (Lipinski definition) is 3. The van der Waals surface area contributed by atoms with Crippen LogP contribution in [0.25, 0.3) is 0 Å². The lowest BCUT2D eigenvalue weighted by Gasteiger charge is -2.07. The van der Waals surface area contributed by atoms with Gasteiger partial charge in [-0.3, -0.25) is 4.79 Å². The summed E-state index contributed by atoms with van der Waals surface area (Å²) in [5.41, 5.74) is 5.43. The molecule has 0 atom stereocenters. The number of carbonyl (C=O) groups is 1. The number of aryl methyl sites for hydroxylation is 2. The number of carbonyl (C=O) groups excluding carboxylic acids is 1. The molecule has 2 aromatic rings. The third kappa shape index (κ3) is 4.28. The zero-order valence-corrected chi connectivity index (χ0v) is 11.5. The lowest BCUT2D eigenvalue weighted by Crippen LogP contribution is -2.24. The fourth-order valence-corrected chi connectivity index (χ4v) is 1.80. The van der Waals surface area contributed by atoms with Crippen molar-refractivity contribution in [1.29, 1.82) is 0 Å². The summed E-state index contributed by atoms with van der Waals surface area (Å²) in [5.74, 6) is 0.387. The van der Waals surface area contributed by atoms with Crippen molar-refractivity contribution >= 4 is 12.1 Å². The first-order valence-electron chi connectivity index (χ1n) is 6.30. The third-order valence-electron chi connectivity index (χ3n) is 2.58. The maximum absolute atomic E-state index is 11.6. The van der Waals surface area contributed by atoms with Gasteiger partial charge in [0.05, 0.1) is 11.9 Å². The zero-order chi connectivity index (χ0) is 14.4. The van der Waals surface area contributed by atoms with E-state index < -0.39 is 0 Å². The van der Waals surface area contributed by atoms with Gasteiger partial charge in [0.15, 0.2) is 6.61 Å². The molecule has 1 amide bonds. The van der Waals surface area contributed by atoms with E-state index in [0.29, 0.717) is 5.75 Å². The van der Waals surface area contributed by atoms with Gasteiger partial charge in [-0.15, -0.1) is 0 Å². The molecule has 104 valence electrons. The second-order valence-corrected chi connectivity index (χ2v) is 4.53. The van der Waals surface area contributed by atoms with Crippen LogP contribution in [0.1, 0.15) is 16.8 Å². The number of amides is 1. The van der Waals surface area contributed by atoms with E-state index in [1.165, 1.54) is 6.21 Å². The van der Waals surface area contributed by atoms with E-state index in [-0.39, 0.29) is 12.5 Å². The van der Waals surface area contributed by atoms with Crippen LogP contribution in [0.15, 0.2) is 41.6 Å². The summed E-state index contributed by atoms with van der Waals surface area (Å²) in [6.07, 6.45) is 3.32. The van der Waals surface area contributed by atoms with Crippen molar-refractivity contribution in [3.63, 3.8) is 0 Å². The molecule has 0 bridgehead atoms. The maximum Gasteiger partial charge on any atom is 0.277 e. The molecule has 0 aliphatic carbocycles. The quantitative estimate of drug-likeness (QED) is 0.646. The SMILES string of the molecule is Cc1cc(C)cc(OCC(=O)NN=Cc2ccc[nH]2)c1. The van der Waals surface area contributed by atoms with Gasteiger partial charge in [0.1, 0.15) is 5.75 Å². The molecule has 0 aliphatic heterocycles. The van der Waals surface area contributed by atoms with Gasteiger partial charge in [0, 0.05) is 6.20 Å². The van der Waals surface area contributed by atoms with Gasteiger partial charge in [-0.25, -0.2) is 5.43 Å². The van der Waals surface area contributed by atoms with Gasteiger partial charge in [0.2, 0.25) is 0 Å². The number of rotatable bonds is 5. The van der Waals surface area contributed by atoms with Crippen molar-refractivity contribution < 1.29 is 9.53 Å². The van der Waals surface area contributed by atoms with E-state index in [0.717, 1.165) is 16.8 Å². The van der Waals surface area contributed by atoms with Crippen LogP contribution in [-0.4, -0.2) is 23.7 Å². The van der Waals surface area contributed by atoms with E-state index in [9.17, 15) is 4.79 Å². The molecule has 2 rings (SSSR count). The number of aromatic amines is 1. The second kappa shape index (κ2) is 6.56. The van der Waals surface area contributed by atoms with Crippen LogP contribution in [-0.2, 0) is 4.79 Å². The highest BCUT2D eigenvalue weighted by Gasteiger charge is 2.02. The summed E-state index contributed by atoms with van der Waals surface area (Å²) < 4.78 is 5.42. The Morgan fingerprint density at radius 2 is 2.10 bits per heavy atom. The normalized spacial score (nSPS) is 10.7. The molecule has 5 nitrogen and oxygen atoms in total. The Labute approximate surface area is 117 Å². The fourth-order valence-electron chi connectivity index (χ4n) is 1.80. The number of nitrogens with zero attached hydrogens (tertiary/aromatic N) is 1. The van der Waals surface area contributed by atoms with Gasteiger partial charge in [-0.2, -0.15) is 5.10 Å². The van der Waals surface area contributed by atoms with E-state index in [1.54, 1.807) is 6.20 Å². The lowest BCUT2D eigenvalue weighted by atomic mass is 10.1. The summed E-state index contributed by atoms with van der Waals surface area (Å²) in [6, 6.07) is 9.53. The molecule has 0 radical (unpaired) electrons. The minimum atomic E-state index is -0.299. The highest BCUT2D eigenvalue weighted by atomic mass is 16.5. The summed E-state index contributed by atoms with van der Waals surface area (Å²) in [6.45, 7) is 3.91. The Balaban J connectivity index is 1.80. The highest BCUT2D eigenvalue weighted by molar-refractivity contribution is 5.81. The molecule has 0 unspecified atom stereocenters. The van der Waals surface area contributed by atoms with Gasteiger partial charge < -0.3 is 9.72 Å². The number of hydrazone groups is 1. The number of nitrogens with one attached hydrogen (secondary N) is 2. The minimum Gasteiger partial charge on any atom is -0.484 e. The van der Waals surface area contributed by atoms with Crippen molar-refractivity contribution in [2.75, 3.05) is 6.61 Å². The Hall–Kier alpha value is -2.56. The van der Waals surface area contributed by atoms with Crippen molar-refractivity contribution in [3.05, 3.63) is 53.3 Å². The fraction of sp³-hybridized carbons (Fsp3) is 0.200. The monoisotopic (exact) mass is 271 g/mol. The Morgan fingerprint density at radius 1 is 1.35 bits per heavy atom. The largest absolute Gasteiger partial charge is 0.484 e. The number of hydrogen-bond donors (Lipinski definition) is 2. The molecule has 0 saturated carbocycles. The van der Waals surface area contributed by atoms with Gasteiger partial charge in [-0.1, -0.05) is 6.07 Å². The van der Waals surface area contributed by atoms with E-state index in [2.05, 4.69) is 15.5 Å². The van der Waals surface area contributed by atoms with Crippen molar-refractivity contribution in [1.82, 2.24) is 10.4 Å². The Morgan fingerprint density at radius 3 is 2.75 bits per heavy atom. The van der Waals surface area contributed by atoms with E-state index >= 15 is 0 Å². The Bertz CT molecular complexity index is 583. The number of ether oxygens (including phenoxy) is 1. The molecule has 0 fully saturated rings. The first kappa shape index (κ1) is 13.9. The smallest absolute Gasteiger partial charge is 0.277 e. The van der Waals surface area contributed by atoms with Crippen molar-refractivity contribution in [2.24, 2.45) is 5.10 Å². The minimum absolute atomic E-state index is 0.0645. The second-order valence-electron chi connectivity index (χ2n) is 4.53.